The van der Waals surface area contributed by atoms with Gasteiger partial charge in [0.2, 0.25) is 0 Å². The molecular weight excluding hydrogens is 723 g/mol. The van der Waals surface area contributed by atoms with E-state index in [0.29, 0.717) is 32.5 Å². The van der Waals surface area contributed by atoms with Crippen molar-refractivity contribution in [2.45, 2.75) is 188 Å². The van der Waals surface area contributed by atoms with Gasteiger partial charge in [-0.25, -0.2) is 4.79 Å². The minimum absolute atomic E-state index is 0.150. The lowest BCUT2D eigenvalue weighted by atomic mass is 10.1. The number of carbonyl (C=O) groups is 3. The lowest BCUT2D eigenvalue weighted by molar-refractivity contribution is -0.144. The zero-order valence-corrected chi connectivity index (χ0v) is 38.1. The van der Waals surface area contributed by atoms with Crippen LogP contribution in [0.5, 0.6) is 0 Å². The monoisotopic (exact) mass is 814 g/mol. The van der Waals surface area contributed by atoms with E-state index in [1.807, 2.05) is 6.08 Å². The molecule has 0 aromatic carbocycles. The molecule has 0 heterocycles. The molecule has 0 N–H and O–H groups in total. The van der Waals surface area contributed by atoms with Crippen molar-refractivity contribution < 1.29 is 42.8 Å². The van der Waals surface area contributed by atoms with E-state index < -0.39 is 6.16 Å². The summed E-state index contributed by atoms with van der Waals surface area (Å²) in [7, 11) is 3.19. The van der Waals surface area contributed by atoms with Crippen LogP contribution in [0.15, 0.2) is 24.8 Å². The molecule has 0 amide bonds. The van der Waals surface area contributed by atoms with Gasteiger partial charge in [-0.1, -0.05) is 136 Å². The predicted octanol–water partition coefficient (Wildman–Crippen LogP) is 12.4. The van der Waals surface area contributed by atoms with Gasteiger partial charge in [0.05, 0.1) is 26.9 Å². The molecule has 0 aromatic rings. The Morgan fingerprint density at radius 3 is 1.60 bits per heavy atom. The van der Waals surface area contributed by atoms with E-state index in [1.54, 1.807) is 7.11 Å². The second-order valence-electron chi connectivity index (χ2n) is 14.4. The molecule has 0 aliphatic rings. The molecule has 10 nitrogen and oxygen atoms in total. The summed E-state index contributed by atoms with van der Waals surface area (Å²) in [6.45, 7) is 18.5. The first kappa shape index (κ1) is 58.9. The molecule has 10 heteroatoms. The first-order chi connectivity index (χ1) is 27.9. The maximum absolute atomic E-state index is 11.7. The Bertz CT molecular complexity index is 856. The van der Waals surface area contributed by atoms with Gasteiger partial charge in [0.15, 0.2) is 0 Å². The van der Waals surface area contributed by atoms with Crippen LogP contribution >= 0.6 is 0 Å². The maximum Gasteiger partial charge on any atom is 0.508 e. The van der Waals surface area contributed by atoms with Crippen molar-refractivity contribution in [3.05, 3.63) is 24.8 Å². The van der Waals surface area contributed by atoms with Crippen LogP contribution in [0.1, 0.15) is 188 Å². The number of esters is 2. The molecule has 0 saturated heterocycles. The van der Waals surface area contributed by atoms with Gasteiger partial charge < -0.3 is 33.3 Å². The van der Waals surface area contributed by atoms with Crippen LogP contribution < -0.4 is 0 Å². The van der Waals surface area contributed by atoms with E-state index in [-0.39, 0.29) is 25.2 Å². The van der Waals surface area contributed by atoms with Crippen molar-refractivity contribution in [2.24, 2.45) is 0 Å². The smallest absolute Gasteiger partial charge is 0.469 e. The van der Waals surface area contributed by atoms with Crippen molar-refractivity contribution >= 4 is 18.1 Å². The molecular formula is C47H91NO9. The minimum atomic E-state index is -0.654. The van der Waals surface area contributed by atoms with Crippen molar-refractivity contribution in [1.29, 1.82) is 0 Å². The van der Waals surface area contributed by atoms with Gasteiger partial charge in [-0.05, 0) is 64.5 Å². The summed E-state index contributed by atoms with van der Waals surface area (Å²) in [6, 6.07) is 0. The number of carbonyl (C=O) groups excluding carboxylic acids is 3. The van der Waals surface area contributed by atoms with Gasteiger partial charge in [0.25, 0.3) is 0 Å². The molecule has 0 aromatic heterocycles. The van der Waals surface area contributed by atoms with Crippen molar-refractivity contribution in [2.75, 3.05) is 73.5 Å². The highest BCUT2D eigenvalue weighted by atomic mass is 16.7. The third-order valence-electron chi connectivity index (χ3n) is 9.22. The van der Waals surface area contributed by atoms with Crippen LogP contribution in [0.3, 0.4) is 0 Å². The fourth-order valence-corrected chi connectivity index (χ4v) is 5.58. The van der Waals surface area contributed by atoms with Crippen LogP contribution in [0.25, 0.3) is 0 Å². The third-order valence-corrected chi connectivity index (χ3v) is 9.22. The Morgan fingerprint density at radius 2 is 1.02 bits per heavy atom. The summed E-state index contributed by atoms with van der Waals surface area (Å²) in [5.41, 5.74) is 0. The summed E-state index contributed by atoms with van der Waals surface area (Å²) in [5, 5.41) is 0. The SMILES string of the molecule is C=CC/C=C\CCCCCCCCC(=O)OCCCOC(=O)OCCCN(CC)CC.CCCCCCCCOC.CCCCCCCCOCCCC(=O)OC. The summed E-state index contributed by atoms with van der Waals surface area (Å²) in [5.74, 6) is -0.325. The predicted molar refractivity (Wildman–Crippen MR) is 237 cm³/mol. The van der Waals surface area contributed by atoms with Gasteiger partial charge in [0, 0.05) is 52.7 Å². The average Bonchev–Trinajstić information content (AvgIpc) is 3.22. The zero-order valence-electron chi connectivity index (χ0n) is 38.1. The van der Waals surface area contributed by atoms with Gasteiger partial charge in [-0.2, -0.15) is 0 Å². The highest BCUT2D eigenvalue weighted by Gasteiger charge is 2.07. The van der Waals surface area contributed by atoms with E-state index in [9.17, 15) is 14.4 Å². The molecule has 57 heavy (non-hydrogen) atoms. The summed E-state index contributed by atoms with van der Waals surface area (Å²) >= 11 is 0. The molecule has 0 aliphatic carbocycles. The molecule has 338 valence electrons. The number of hydrogen-bond acceptors (Lipinski definition) is 10. The van der Waals surface area contributed by atoms with Crippen LogP contribution in [0.2, 0.25) is 0 Å². The summed E-state index contributed by atoms with van der Waals surface area (Å²) in [6.07, 6.45) is 33.3. The topological polar surface area (TPSA) is 110 Å². The van der Waals surface area contributed by atoms with Crippen LogP contribution in [-0.2, 0) is 38.0 Å². The summed E-state index contributed by atoms with van der Waals surface area (Å²) in [4.78, 5) is 36.2. The van der Waals surface area contributed by atoms with Crippen molar-refractivity contribution in [3.63, 3.8) is 0 Å². The van der Waals surface area contributed by atoms with E-state index in [0.717, 1.165) is 84.2 Å². The molecule has 0 saturated carbocycles. The lowest BCUT2D eigenvalue weighted by Gasteiger charge is -2.17. The lowest BCUT2D eigenvalue weighted by Crippen LogP contribution is -2.25. The highest BCUT2D eigenvalue weighted by molar-refractivity contribution is 5.69. The number of ether oxygens (including phenoxy) is 6. The van der Waals surface area contributed by atoms with Crippen molar-refractivity contribution in [3.8, 4) is 0 Å². The van der Waals surface area contributed by atoms with E-state index in [2.05, 4.69) is 56.1 Å². The molecule has 0 aliphatic heterocycles. The molecule has 0 spiro atoms. The number of hydrogen-bond donors (Lipinski definition) is 0. The Balaban J connectivity index is -0.000000924. The standard InChI is InChI=1S/C25H45NO5.C13H26O3.C9H20O/c1-4-7-8-9-10-11-12-13-14-15-16-19-24(27)29-22-18-23-31-25(28)30-21-17-20-26(5-2)6-3;1-3-4-5-6-7-8-11-16-12-9-10-13(14)15-2;1-3-4-5-6-7-8-9-10-2/h4,8-9H,1,5-7,10-23H2,2-3H3;3-12H2,1-2H3;3-9H2,1-2H3/b9-8-;;. The van der Waals surface area contributed by atoms with Crippen LogP contribution in [-0.4, -0.2) is 96.5 Å². The number of methoxy groups -OCH3 is 2. The molecule has 0 bridgehead atoms. The third kappa shape index (κ3) is 55.7. The van der Waals surface area contributed by atoms with Gasteiger partial charge in [0.1, 0.15) is 0 Å². The van der Waals surface area contributed by atoms with Crippen LogP contribution in [0, 0.1) is 0 Å². The quantitative estimate of drug-likeness (QED) is 0.0257. The Morgan fingerprint density at radius 1 is 0.509 bits per heavy atom. The molecule has 0 unspecified atom stereocenters. The maximum atomic E-state index is 11.7. The molecule has 0 fully saturated rings. The normalized spacial score (nSPS) is 10.7. The molecule has 0 radical (unpaired) electrons. The molecule has 0 atom stereocenters. The van der Waals surface area contributed by atoms with Gasteiger partial charge in [-0.3, -0.25) is 9.59 Å². The number of rotatable bonds is 39. The Kier molecular flexibility index (Phi) is 55.3. The average molecular weight is 814 g/mol. The van der Waals surface area contributed by atoms with E-state index >= 15 is 0 Å². The largest absolute Gasteiger partial charge is 0.508 e. The second-order valence-corrected chi connectivity index (χ2v) is 14.4. The Hall–Kier alpha value is -2.43. The van der Waals surface area contributed by atoms with Gasteiger partial charge in [-0.15, -0.1) is 6.58 Å². The van der Waals surface area contributed by atoms with E-state index in [1.165, 1.54) is 97.0 Å². The number of allylic oxidation sites excluding steroid dienone is 3. The van der Waals surface area contributed by atoms with E-state index in [4.69, 9.17) is 23.7 Å². The zero-order chi connectivity index (χ0) is 42.7. The van der Waals surface area contributed by atoms with Crippen molar-refractivity contribution in [1.82, 2.24) is 4.90 Å². The van der Waals surface area contributed by atoms with Crippen LogP contribution in [0.4, 0.5) is 4.79 Å². The second kappa shape index (κ2) is 53.6. The fraction of sp³-hybridized carbons (Fsp3) is 0.851. The first-order valence-corrected chi connectivity index (χ1v) is 22.9. The number of unbranched alkanes of at least 4 members (excludes halogenated alkanes) is 16. The number of nitrogens with zero attached hydrogens (tertiary/aromatic N) is 1. The summed E-state index contributed by atoms with van der Waals surface area (Å²) < 4.78 is 30.1. The Labute approximate surface area is 351 Å². The minimum Gasteiger partial charge on any atom is -0.469 e. The highest BCUT2D eigenvalue weighted by Crippen LogP contribution is 2.10. The van der Waals surface area contributed by atoms with Gasteiger partial charge >= 0.3 is 18.1 Å². The fourth-order valence-electron chi connectivity index (χ4n) is 5.58. The first-order valence-electron chi connectivity index (χ1n) is 22.9. The molecule has 0 rings (SSSR count).